The molecule has 2 amide bonds. The van der Waals surface area contributed by atoms with Crippen molar-refractivity contribution in [3.05, 3.63) is 63.6 Å². The fraction of sp³-hybridized carbons (Fsp3) is 0.364. The predicted octanol–water partition coefficient (Wildman–Crippen LogP) is 4.90. The first-order chi connectivity index (χ1) is 14.1. The number of rotatable bonds is 2. The number of fused-ring (bicyclic) bond motifs is 2. The van der Waals surface area contributed by atoms with E-state index in [-0.39, 0.29) is 12.3 Å². The molecule has 2 heterocycles. The zero-order valence-electron chi connectivity index (χ0n) is 15.9. The van der Waals surface area contributed by atoms with Crippen molar-refractivity contribution in [1.29, 1.82) is 0 Å². The number of halogens is 4. The second kappa shape index (κ2) is 6.17. The molecular weight excluding hydrogens is 433 g/mol. The molecule has 2 aliphatic heterocycles. The SMILES string of the molecule is C[C@]1(C2NC(=O)CC(c3cccc(Cl)c3)C23C(=O)Nc2cc(Cl)ccc23)CC1(F)F. The van der Waals surface area contributed by atoms with Crippen LogP contribution in [0.15, 0.2) is 42.5 Å². The summed E-state index contributed by atoms with van der Waals surface area (Å²) in [7, 11) is 0. The number of alkyl halides is 2. The number of nitrogens with one attached hydrogen (secondary N) is 2. The Labute approximate surface area is 181 Å². The standard InChI is InChI=1S/C22H18Cl2F2N2O2/c1-20(10-21(20,25)26)18-22(14-6-5-13(24)8-16(14)27-19(22)30)15(9-17(29)28-18)11-3-2-4-12(23)7-11/h2-8,15,18H,9-10H2,1H3,(H,27,30)(H,28,29)/t15?,18?,20-,22?/m1/s1. The monoisotopic (exact) mass is 450 g/mol. The van der Waals surface area contributed by atoms with Crippen LogP contribution >= 0.6 is 23.2 Å². The Hall–Kier alpha value is -2.18. The highest BCUT2D eigenvalue weighted by Crippen LogP contribution is 2.68. The summed E-state index contributed by atoms with van der Waals surface area (Å²) < 4.78 is 29.1. The molecule has 4 atom stereocenters. The van der Waals surface area contributed by atoms with Crippen LogP contribution in [0.5, 0.6) is 0 Å². The second-order valence-corrected chi connectivity index (χ2v) is 9.50. The van der Waals surface area contributed by atoms with Crippen molar-refractivity contribution >= 4 is 40.7 Å². The van der Waals surface area contributed by atoms with Gasteiger partial charge in [-0.3, -0.25) is 9.59 Å². The van der Waals surface area contributed by atoms with E-state index in [1.165, 1.54) is 6.92 Å². The number of hydrogen-bond acceptors (Lipinski definition) is 2. The van der Waals surface area contributed by atoms with Crippen molar-refractivity contribution in [2.45, 2.75) is 43.1 Å². The Balaban J connectivity index is 1.79. The van der Waals surface area contributed by atoms with Gasteiger partial charge in [-0.15, -0.1) is 0 Å². The lowest BCUT2D eigenvalue weighted by Gasteiger charge is -2.48. The van der Waals surface area contributed by atoms with E-state index in [1.807, 2.05) is 0 Å². The normalized spacial score (nSPS) is 33.8. The van der Waals surface area contributed by atoms with Gasteiger partial charge >= 0.3 is 0 Å². The average molecular weight is 451 g/mol. The van der Waals surface area contributed by atoms with Crippen LogP contribution in [-0.4, -0.2) is 23.8 Å². The highest BCUT2D eigenvalue weighted by Gasteiger charge is 2.78. The predicted molar refractivity (Wildman–Crippen MR) is 110 cm³/mol. The van der Waals surface area contributed by atoms with Gasteiger partial charge in [0.15, 0.2) is 0 Å². The number of hydrogen-bond donors (Lipinski definition) is 2. The van der Waals surface area contributed by atoms with Crippen molar-refractivity contribution < 1.29 is 18.4 Å². The van der Waals surface area contributed by atoms with Gasteiger partial charge < -0.3 is 10.6 Å². The minimum absolute atomic E-state index is 0.0199. The van der Waals surface area contributed by atoms with Gasteiger partial charge in [0, 0.05) is 34.5 Å². The fourth-order valence-corrected chi connectivity index (χ4v) is 5.71. The molecule has 0 radical (unpaired) electrons. The van der Waals surface area contributed by atoms with E-state index in [4.69, 9.17) is 23.2 Å². The van der Waals surface area contributed by atoms with E-state index in [2.05, 4.69) is 10.6 Å². The summed E-state index contributed by atoms with van der Waals surface area (Å²) in [5, 5.41) is 6.46. The molecule has 2 aromatic rings. The molecule has 2 aromatic carbocycles. The number of piperidine rings is 1. The Morgan fingerprint density at radius 3 is 2.43 bits per heavy atom. The van der Waals surface area contributed by atoms with Gasteiger partial charge in [0.1, 0.15) is 5.41 Å². The van der Waals surface area contributed by atoms with Crippen LogP contribution in [0.25, 0.3) is 0 Å². The summed E-state index contributed by atoms with van der Waals surface area (Å²) in [6.45, 7) is 1.43. The zero-order valence-corrected chi connectivity index (χ0v) is 17.5. The third kappa shape index (κ3) is 2.50. The molecule has 3 unspecified atom stereocenters. The molecule has 5 rings (SSSR count). The van der Waals surface area contributed by atoms with Crippen LogP contribution in [-0.2, 0) is 15.0 Å². The first-order valence-electron chi connectivity index (χ1n) is 9.64. The summed E-state index contributed by atoms with van der Waals surface area (Å²) >= 11 is 12.3. The first kappa shape index (κ1) is 19.8. The number of carbonyl (C=O) groups excluding carboxylic acids is 2. The van der Waals surface area contributed by atoms with Gasteiger partial charge in [-0.05, 0) is 35.4 Å². The summed E-state index contributed by atoms with van der Waals surface area (Å²) in [5.74, 6) is -4.43. The van der Waals surface area contributed by atoms with Crippen molar-refractivity contribution in [3.63, 3.8) is 0 Å². The highest BCUT2D eigenvalue weighted by atomic mass is 35.5. The van der Waals surface area contributed by atoms with Gasteiger partial charge in [0.05, 0.1) is 11.5 Å². The maximum atomic E-state index is 14.6. The van der Waals surface area contributed by atoms with Crippen LogP contribution < -0.4 is 10.6 Å². The van der Waals surface area contributed by atoms with E-state index in [1.54, 1.807) is 42.5 Å². The number of benzene rings is 2. The minimum atomic E-state index is -2.98. The molecule has 2 N–H and O–H groups in total. The third-order valence-corrected chi connectivity index (χ3v) is 7.41. The average Bonchev–Trinajstić information content (AvgIpc) is 3.06. The maximum absolute atomic E-state index is 14.6. The molecule has 8 heteroatoms. The van der Waals surface area contributed by atoms with Crippen LogP contribution in [0.3, 0.4) is 0 Å². The van der Waals surface area contributed by atoms with Crippen LogP contribution in [0, 0.1) is 5.41 Å². The number of carbonyl (C=O) groups is 2. The molecule has 4 nitrogen and oxygen atoms in total. The first-order valence-corrected chi connectivity index (χ1v) is 10.4. The van der Waals surface area contributed by atoms with Crippen molar-refractivity contribution in [3.8, 4) is 0 Å². The molecule has 30 heavy (non-hydrogen) atoms. The smallest absolute Gasteiger partial charge is 0.256 e. The summed E-state index contributed by atoms with van der Waals surface area (Å²) in [6.07, 6.45) is -0.418. The molecule has 156 valence electrons. The Morgan fingerprint density at radius 1 is 1.07 bits per heavy atom. The van der Waals surface area contributed by atoms with Gasteiger partial charge in [-0.25, -0.2) is 8.78 Å². The topological polar surface area (TPSA) is 58.2 Å². The second-order valence-electron chi connectivity index (χ2n) is 8.62. The molecule has 1 saturated carbocycles. The molecule has 2 fully saturated rings. The maximum Gasteiger partial charge on any atom is 0.256 e. The summed E-state index contributed by atoms with van der Waals surface area (Å²) in [4.78, 5) is 26.3. The van der Waals surface area contributed by atoms with Crippen molar-refractivity contribution in [2.24, 2.45) is 5.41 Å². The lowest BCUT2D eigenvalue weighted by atomic mass is 9.57. The molecular formula is C22H18Cl2F2N2O2. The number of amides is 2. The number of anilines is 1. The minimum Gasteiger partial charge on any atom is -0.351 e. The Kier molecular flexibility index (Phi) is 4.07. The summed E-state index contributed by atoms with van der Waals surface area (Å²) in [6, 6.07) is 10.7. The van der Waals surface area contributed by atoms with E-state index in [0.29, 0.717) is 26.9 Å². The van der Waals surface area contributed by atoms with Gasteiger partial charge in [-0.2, -0.15) is 0 Å². The lowest BCUT2D eigenvalue weighted by molar-refractivity contribution is -0.134. The molecule has 1 aliphatic carbocycles. The van der Waals surface area contributed by atoms with E-state index in [0.717, 1.165) is 0 Å². The van der Waals surface area contributed by atoms with Gasteiger partial charge in [0.2, 0.25) is 11.8 Å². The van der Waals surface area contributed by atoms with Crippen LogP contribution in [0.1, 0.15) is 36.8 Å². The van der Waals surface area contributed by atoms with E-state index >= 15 is 0 Å². The molecule has 0 bridgehead atoms. The van der Waals surface area contributed by atoms with E-state index in [9.17, 15) is 18.4 Å². The molecule has 1 saturated heterocycles. The fourth-order valence-electron chi connectivity index (χ4n) is 5.34. The largest absolute Gasteiger partial charge is 0.351 e. The van der Waals surface area contributed by atoms with Gasteiger partial charge in [-0.1, -0.05) is 48.3 Å². The van der Waals surface area contributed by atoms with Crippen molar-refractivity contribution in [2.75, 3.05) is 5.32 Å². The molecule has 3 aliphatic rings. The summed E-state index contributed by atoms with van der Waals surface area (Å²) in [5.41, 5.74) is -1.25. The lowest BCUT2D eigenvalue weighted by Crippen LogP contribution is -2.65. The van der Waals surface area contributed by atoms with Crippen LogP contribution in [0.4, 0.5) is 14.5 Å². The Morgan fingerprint density at radius 2 is 1.77 bits per heavy atom. The zero-order chi connectivity index (χ0) is 21.5. The van der Waals surface area contributed by atoms with E-state index < -0.39 is 41.0 Å². The van der Waals surface area contributed by atoms with Gasteiger partial charge in [0.25, 0.3) is 5.92 Å². The third-order valence-electron chi connectivity index (χ3n) is 6.94. The quantitative estimate of drug-likeness (QED) is 0.683. The molecule has 0 aromatic heterocycles. The van der Waals surface area contributed by atoms with Crippen molar-refractivity contribution in [1.82, 2.24) is 5.32 Å². The highest BCUT2D eigenvalue weighted by molar-refractivity contribution is 6.31. The Bertz CT molecular complexity index is 1110. The van der Waals surface area contributed by atoms with Crippen LogP contribution in [0.2, 0.25) is 10.0 Å². The molecule has 1 spiro atoms.